The van der Waals surface area contributed by atoms with E-state index in [2.05, 4.69) is 15.3 Å². The van der Waals surface area contributed by atoms with E-state index in [9.17, 15) is 22.0 Å². The van der Waals surface area contributed by atoms with Gasteiger partial charge in [0.25, 0.3) is 0 Å². The number of benzene rings is 2. The molecular formula is C30H35N5O5S2. The molecule has 222 valence electrons. The summed E-state index contributed by atoms with van der Waals surface area (Å²) in [7, 11) is -7.19. The van der Waals surface area contributed by atoms with Gasteiger partial charge in [0, 0.05) is 41.8 Å². The van der Waals surface area contributed by atoms with Crippen LogP contribution in [0.5, 0.6) is 0 Å². The lowest BCUT2D eigenvalue weighted by atomic mass is 10.2. The smallest absolute Gasteiger partial charge is 0.156 e. The number of sulfone groups is 2. The molecule has 0 aliphatic rings. The summed E-state index contributed by atoms with van der Waals surface area (Å²) in [6.45, 7) is 1.75. The summed E-state index contributed by atoms with van der Waals surface area (Å²) in [5, 5.41) is 25.4. The molecule has 0 aliphatic heterocycles. The highest BCUT2D eigenvalue weighted by molar-refractivity contribution is 7.90. The number of rotatable bonds is 15. The first-order valence-corrected chi connectivity index (χ1v) is 17.4. The summed E-state index contributed by atoms with van der Waals surface area (Å²) >= 11 is 0. The molecule has 0 saturated carbocycles. The second-order valence-electron chi connectivity index (χ2n) is 10.4. The van der Waals surface area contributed by atoms with Crippen LogP contribution < -0.4 is 5.32 Å². The Hall–Kier alpha value is -3.47. The van der Waals surface area contributed by atoms with E-state index in [1.54, 1.807) is 31.5 Å². The van der Waals surface area contributed by atoms with Gasteiger partial charge in [-0.05, 0) is 48.2 Å². The molecule has 2 atom stereocenters. The Kier molecular flexibility index (Phi) is 10.6. The van der Waals surface area contributed by atoms with Gasteiger partial charge >= 0.3 is 0 Å². The fourth-order valence-electron chi connectivity index (χ4n) is 4.94. The molecule has 42 heavy (non-hydrogen) atoms. The van der Waals surface area contributed by atoms with Crippen LogP contribution in [0.4, 0.5) is 0 Å². The largest absolute Gasteiger partial charge is 0.314 e. The van der Waals surface area contributed by atoms with Crippen molar-refractivity contribution >= 4 is 41.5 Å². The predicted molar refractivity (Wildman–Crippen MR) is 163 cm³/mol. The van der Waals surface area contributed by atoms with Crippen LogP contribution >= 0.6 is 0 Å². The van der Waals surface area contributed by atoms with Gasteiger partial charge in [0.1, 0.15) is 0 Å². The van der Waals surface area contributed by atoms with Crippen LogP contribution in [0.2, 0.25) is 0 Å². The maximum atomic E-state index is 13.1. The van der Waals surface area contributed by atoms with Crippen molar-refractivity contribution in [2.24, 2.45) is 0 Å². The highest BCUT2D eigenvalue weighted by Crippen LogP contribution is 2.18. The number of para-hydroxylation sites is 2. The summed E-state index contributed by atoms with van der Waals surface area (Å²) in [5.74, 6) is -0.933. The van der Waals surface area contributed by atoms with Gasteiger partial charge in [0.2, 0.25) is 0 Å². The Morgan fingerprint density at radius 3 is 1.93 bits per heavy atom. The number of nitriles is 1. The van der Waals surface area contributed by atoms with Crippen molar-refractivity contribution in [3.8, 4) is 6.07 Å². The first-order chi connectivity index (χ1) is 20.1. The summed E-state index contributed by atoms with van der Waals surface area (Å²) in [6, 6.07) is 19.2. The highest BCUT2D eigenvalue weighted by Gasteiger charge is 2.26. The van der Waals surface area contributed by atoms with Gasteiger partial charge in [0.15, 0.2) is 19.7 Å². The van der Waals surface area contributed by atoms with E-state index in [4.69, 9.17) is 5.26 Å². The Labute approximate surface area is 246 Å². The van der Waals surface area contributed by atoms with E-state index in [1.807, 2.05) is 54.6 Å². The number of hydrogen-bond donors (Lipinski definition) is 2. The lowest BCUT2D eigenvalue weighted by Crippen LogP contribution is -2.43. The second kappa shape index (κ2) is 14.1. The standard InChI is InChI=1S/C30H35N5O5S2/c1-2-28(22-42(39,40)20-24-16-26-8-4-6-10-30(26)34-18-24)35(36)14-11-27(32-13-12-31)21-41(37,38)19-23-15-25-7-3-5-9-29(25)33-17-23/h3-10,15-18,27-28,32,36H,2,11,13-14,19-22H2,1H3/t27-,28?/m0/s1. The number of pyridine rings is 2. The number of hydroxylamine groups is 2. The van der Waals surface area contributed by atoms with Crippen molar-refractivity contribution in [3.63, 3.8) is 0 Å². The minimum atomic E-state index is -3.60. The molecule has 1 unspecified atom stereocenters. The fraction of sp³-hybridized carbons (Fsp3) is 0.367. The lowest BCUT2D eigenvalue weighted by Gasteiger charge is -2.27. The first-order valence-electron chi connectivity index (χ1n) is 13.7. The molecule has 2 heterocycles. The maximum absolute atomic E-state index is 13.1. The number of nitrogens with one attached hydrogen (secondary N) is 1. The Bertz CT molecular complexity index is 1770. The Balaban J connectivity index is 1.36. The summed E-state index contributed by atoms with van der Waals surface area (Å²) < 4.78 is 52.2. The third-order valence-electron chi connectivity index (χ3n) is 7.04. The van der Waals surface area contributed by atoms with Crippen LogP contribution in [-0.4, -0.2) is 73.8 Å². The van der Waals surface area contributed by atoms with Crippen molar-refractivity contribution < 1.29 is 22.0 Å². The number of aromatic nitrogens is 2. The van der Waals surface area contributed by atoms with Crippen molar-refractivity contribution in [2.75, 3.05) is 24.6 Å². The molecule has 0 radical (unpaired) electrons. The Morgan fingerprint density at radius 1 is 0.881 bits per heavy atom. The molecular weight excluding hydrogens is 574 g/mol. The zero-order chi connectivity index (χ0) is 30.2. The molecule has 4 rings (SSSR count). The summed E-state index contributed by atoms with van der Waals surface area (Å²) in [6.07, 6.45) is 3.67. The number of hydrogen-bond acceptors (Lipinski definition) is 10. The van der Waals surface area contributed by atoms with Gasteiger partial charge in [-0.3, -0.25) is 9.97 Å². The van der Waals surface area contributed by atoms with E-state index in [0.29, 0.717) is 17.5 Å². The molecule has 2 N–H and O–H groups in total. The minimum absolute atomic E-state index is 0.0295. The van der Waals surface area contributed by atoms with E-state index >= 15 is 0 Å². The molecule has 0 saturated heterocycles. The second-order valence-corrected chi connectivity index (χ2v) is 14.6. The van der Waals surface area contributed by atoms with Crippen molar-refractivity contribution in [2.45, 2.75) is 43.4 Å². The Morgan fingerprint density at radius 2 is 1.40 bits per heavy atom. The average molecular weight is 610 g/mol. The lowest BCUT2D eigenvalue weighted by molar-refractivity contribution is -0.122. The average Bonchev–Trinajstić information content (AvgIpc) is 2.96. The molecule has 0 spiro atoms. The van der Waals surface area contributed by atoms with Gasteiger partial charge in [0.05, 0.1) is 46.7 Å². The van der Waals surface area contributed by atoms with E-state index < -0.39 is 31.8 Å². The molecule has 0 fully saturated rings. The SMILES string of the molecule is CCC(CS(=O)(=O)Cc1cnc2ccccc2c1)N(O)CC[C@@H](CS(=O)(=O)Cc1cnc2ccccc2c1)NCC#N. The normalized spacial score (nSPS) is 13.8. The van der Waals surface area contributed by atoms with Crippen LogP contribution in [0.3, 0.4) is 0 Å². The molecule has 12 heteroatoms. The fourth-order valence-corrected chi connectivity index (χ4v) is 8.39. The molecule has 2 aromatic heterocycles. The van der Waals surface area contributed by atoms with Crippen molar-refractivity contribution in [1.82, 2.24) is 20.3 Å². The van der Waals surface area contributed by atoms with Gasteiger partial charge in [-0.2, -0.15) is 10.3 Å². The molecule has 0 aliphatic carbocycles. The van der Waals surface area contributed by atoms with E-state index in [1.165, 1.54) is 0 Å². The van der Waals surface area contributed by atoms with E-state index in [-0.39, 0.29) is 42.5 Å². The van der Waals surface area contributed by atoms with Crippen LogP contribution in [0.25, 0.3) is 21.8 Å². The van der Waals surface area contributed by atoms with Gasteiger partial charge in [-0.15, -0.1) is 0 Å². The highest BCUT2D eigenvalue weighted by atomic mass is 32.2. The van der Waals surface area contributed by atoms with Gasteiger partial charge in [-0.25, -0.2) is 16.8 Å². The molecule has 0 amide bonds. The number of fused-ring (bicyclic) bond motifs is 2. The van der Waals surface area contributed by atoms with Crippen LogP contribution in [0.15, 0.2) is 73.1 Å². The zero-order valence-corrected chi connectivity index (χ0v) is 25.1. The molecule has 0 bridgehead atoms. The van der Waals surface area contributed by atoms with Crippen LogP contribution in [-0.2, 0) is 31.2 Å². The third kappa shape index (κ3) is 9.01. The predicted octanol–water partition coefficient (Wildman–Crippen LogP) is 3.65. The van der Waals surface area contributed by atoms with Crippen LogP contribution in [0.1, 0.15) is 30.9 Å². The summed E-state index contributed by atoms with van der Waals surface area (Å²) in [5.41, 5.74) is 2.69. The van der Waals surface area contributed by atoms with Crippen LogP contribution in [0, 0.1) is 11.3 Å². The number of nitrogens with zero attached hydrogens (tertiary/aromatic N) is 4. The van der Waals surface area contributed by atoms with E-state index in [0.717, 1.165) is 26.9 Å². The van der Waals surface area contributed by atoms with Gasteiger partial charge in [-0.1, -0.05) is 43.3 Å². The maximum Gasteiger partial charge on any atom is 0.156 e. The molecule has 10 nitrogen and oxygen atoms in total. The monoisotopic (exact) mass is 609 g/mol. The topological polar surface area (TPSA) is 153 Å². The summed E-state index contributed by atoms with van der Waals surface area (Å²) in [4.78, 5) is 8.67. The van der Waals surface area contributed by atoms with Gasteiger partial charge < -0.3 is 10.5 Å². The first kappa shape index (κ1) is 31.5. The third-order valence-corrected chi connectivity index (χ3v) is 10.4. The van der Waals surface area contributed by atoms with Crippen molar-refractivity contribution in [3.05, 3.63) is 84.2 Å². The van der Waals surface area contributed by atoms with Crippen molar-refractivity contribution in [1.29, 1.82) is 5.26 Å². The molecule has 4 aromatic rings. The zero-order valence-electron chi connectivity index (χ0n) is 23.4. The molecule has 2 aromatic carbocycles. The minimum Gasteiger partial charge on any atom is -0.314 e. The quantitative estimate of drug-likeness (QED) is 0.151.